The zero-order valence-corrected chi connectivity index (χ0v) is 13.0. The van der Waals surface area contributed by atoms with E-state index in [-0.39, 0.29) is 17.5 Å². The van der Waals surface area contributed by atoms with Crippen molar-refractivity contribution in [2.45, 2.75) is 12.8 Å². The summed E-state index contributed by atoms with van der Waals surface area (Å²) in [6.45, 7) is 0.301. The normalized spacial score (nSPS) is 10.5. The van der Waals surface area contributed by atoms with Crippen LogP contribution in [0.25, 0.3) is 5.69 Å². The lowest BCUT2D eigenvalue weighted by molar-refractivity contribution is 0.0972. The maximum absolute atomic E-state index is 12.0. The first-order valence-corrected chi connectivity index (χ1v) is 7.69. The highest BCUT2D eigenvalue weighted by molar-refractivity contribution is 5.95. The molecule has 1 N–H and O–H groups in total. The highest BCUT2D eigenvalue weighted by atomic mass is 16.5. The molecule has 0 radical (unpaired) electrons. The van der Waals surface area contributed by atoms with Crippen LogP contribution < -0.4 is 10.4 Å². The van der Waals surface area contributed by atoms with E-state index in [0.717, 1.165) is 0 Å². The number of ketones is 1. The van der Waals surface area contributed by atoms with Crippen LogP contribution in [0.1, 0.15) is 23.2 Å². The van der Waals surface area contributed by atoms with E-state index >= 15 is 0 Å². The summed E-state index contributed by atoms with van der Waals surface area (Å²) in [6, 6.07) is 18.5. The summed E-state index contributed by atoms with van der Waals surface area (Å²) in [4.78, 5) is 23.9. The van der Waals surface area contributed by atoms with Crippen molar-refractivity contribution in [2.75, 3.05) is 6.61 Å². The molecule has 0 bridgehead atoms. The van der Waals surface area contributed by atoms with Gasteiger partial charge in [-0.1, -0.05) is 48.5 Å². The molecular weight excluding hydrogens is 306 g/mol. The van der Waals surface area contributed by atoms with Crippen LogP contribution in [0.2, 0.25) is 0 Å². The third-order valence-corrected chi connectivity index (χ3v) is 3.53. The number of aromatic nitrogens is 3. The molecule has 0 atom stereocenters. The van der Waals surface area contributed by atoms with Crippen molar-refractivity contribution in [1.29, 1.82) is 0 Å². The quantitative estimate of drug-likeness (QED) is 0.535. The van der Waals surface area contributed by atoms with Crippen LogP contribution in [-0.2, 0) is 0 Å². The Morgan fingerprint density at radius 3 is 2.42 bits per heavy atom. The molecule has 24 heavy (non-hydrogen) atoms. The number of para-hydroxylation sites is 1. The molecule has 0 aliphatic heterocycles. The molecule has 2 aromatic carbocycles. The second kappa shape index (κ2) is 7.41. The summed E-state index contributed by atoms with van der Waals surface area (Å²) >= 11 is 0. The van der Waals surface area contributed by atoms with Crippen molar-refractivity contribution in [3.8, 4) is 11.7 Å². The van der Waals surface area contributed by atoms with Gasteiger partial charge in [-0.25, -0.2) is 14.5 Å². The fourth-order valence-corrected chi connectivity index (χ4v) is 2.35. The number of H-pyrrole nitrogens is 1. The van der Waals surface area contributed by atoms with Crippen molar-refractivity contribution in [2.24, 2.45) is 0 Å². The number of nitrogens with zero attached hydrogens (tertiary/aromatic N) is 2. The number of rotatable bonds is 7. The van der Waals surface area contributed by atoms with E-state index in [4.69, 9.17) is 4.74 Å². The van der Waals surface area contributed by atoms with E-state index in [1.165, 1.54) is 4.57 Å². The minimum atomic E-state index is -0.364. The molecule has 122 valence electrons. The number of carbonyl (C=O) groups excluding carboxylic acids is 1. The van der Waals surface area contributed by atoms with Crippen molar-refractivity contribution in [3.63, 3.8) is 0 Å². The molecule has 6 nitrogen and oxygen atoms in total. The first-order chi connectivity index (χ1) is 11.8. The predicted molar refractivity (Wildman–Crippen MR) is 89.7 cm³/mol. The topological polar surface area (TPSA) is 77.0 Å². The molecule has 0 aliphatic rings. The Morgan fingerprint density at radius 1 is 1.04 bits per heavy atom. The fraction of sp³-hybridized carbons (Fsp3) is 0.167. The number of hydrogen-bond donors (Lipinski definition) is 1. The molecule has 3 aromatic rings. The highest BCUT2D eigenvalue weighted by Gasteiger charge is 2.11. The second-order valence-electron chi connectivity index (χ2n) is 5.22. The number of nitrogens with one attached hydrogen (secondary N) is 1. The number of benzene rings is 2. The molecule has 0 amide bonds. The fourth-order valence-electron chi connectivity index (χ4n) is 2.35. The number of Topliss-reactive ketones (excluding diaryl/α,β-unsaturated/α-hetero) is 1. The molecule has 0 aliphatic carbocycles. The van der Waals surface area contributed by atoms with E-state index < -0.39 is 0 Å². The lowest BCUT2D eigenvalue weighted by Gasteiger charge is -2.07. The second-order valence-corrected chi connectivity index (χ2v) is 5.22. The Labute approximate surface area is 138 Å². The summed E-state index contributed by atoms with van der Waals surface area (Å²) in [5.41, 5.74) is 1.00. The van der Waals surface area contributed by atoms with Crippen molar-refractivity contribution < 1.29 is 9.53 Å². The zero-order chi connectivity index (χ0) is 16.8. The third-order valence-electron chi connectivity index (χ3n) is 3.53. The minimum absolute atomic E-state index is 0.0710. The zero-order valence-electron chi connectivity index (χ0n) is 13.0. The van der Waals surface area contributed by atoms with Crippen molar-refractivity contribution in [1.82, 2.24) is 14.8 Å². The number of hydrogen-bond acceptors (Lipinski definition) is 4. The average Bonchev–Trinajstić information content (AvgIpc) is 3.00. The number of carbonyl (C=O) groups is 1. The van der Waals surface area contributed by atoms with Gasteiger partial charge in [-0.05, 0) is 18.6 Å². The molecular formula is C18H17N3O3. The third kappa shape index (κ3) is 3.60. The van der Waals surface area contributed by atoms with Gasteiger partial charge in [-0.3, -0.25) is 4.79 Å². The van der Waals surface area contributed by atoms with E-state index in [0.29, 0.717) is 30.7 Å². The number of ether oxygens (including phenoxy) is 1. The number of aromatic amines is 1. The Morgan fingerprint density at radius 2 is 1.71 bits per heavy atom. The van der Waals surface area contributed by atoms with Gasteiger partial charge >= 0.3 is 11.7 Å². The molecule has 0 spiro atoms. The van der Waals surface area contributed by atoms with E-state index in [1.807, 2.05) is 36.4 Å². The minimum Gasteiger partial charge on any atom is -0.463 e. The van der Waals surface area contributed by atoms with Crippen molar-refractivity contribution in [3.05, 3.63) is 76.7 Å². The monoisotopic (exact) mass is 323 g/mol. The molecule has 1 aromatic heterocycles. The van der Waals surface area contributed by atoms with Crippen LogP contribution in [0.5, 0.6) is 6.01 Å². The molecule has 3 rings (SSSR count). The molecule has 0 unspecified atom stereocenters. The van der Waals surface area contributed by atoms with Crippen LogP contribution in [-0.4, -0.2) is 27.2 Å². The lowest BCUT2D eigenvalue weighted by Crippen LogP contribution is -2.16. The van der Waals surface area contributed by atoms with E-state index in [1.54, 1.807) is 24.3 Å². The molecule has 0 saturated heterocycles. The van der Waals surface area contributed by atoms with E-state index in [2.05, 4.69) is 10.2 Å². The van der Waals surface area contributed by atoms with Gasteiger partial charge in [0.2, 0.25) is 0 Å². The summed E-state index contributed by atoms with van der Waals surface area (Å²) in [7, 11) is 0. The molecule has 0 fully saturated rings. The smallest absolute Gasteiger partial charge is 0.350 e. The highest BCUT2D eigenvalue weighted by Crippen LogP contribution is 2.12. The van der Waals surface area contributed by atoms with Gasteiger partial charge in [0.25, 0.3) is 0 Å². The standard InChI is InChI=1S/C18H17N3O3/c22-16(14-8-3-1-4-9-14)12-7-13-24-18-20-19-17(23)21(18)15-10-5-2-6-11-15/h1-6,8-11H,7,12-13H2,(H,19,23). The van der Waals surface area contributed by atoms with Crippen LogP contribution >= 0.6 is 0 Å². The van der Waals surface area contributed by atoms with Gasteiger partial charge in [0, 0.05) is 12.0 Å². The molecule has 6 heteroatoms. The van der Waals surface area contributed by atoms with Gasteiger partial charge in [-0.2, -0.15) is 0 Å². The first-order valence-electron chi connectivity index (χ1n) is 7.69. The summed E-state index contributed by atoms with van der Waals surface area (Å²) < 4.78 is 6.93. The maximum Gasteiger partial charge on any atom is 0.350 e. The predicted octanol–water partition coefficient (Wildman–Crippen LogP) is 2.60. The average molecular weight is 323 g/mol. The molecule has 0 saturated carbocycles. The lowest BCUT2D eigenvalue weighted by atomic mass is 10.1. The first kappa shape index (κ1) is 15.7. The largest absolute Gasteiger partial charge is 0.463 e. The Bertz CT molecular complexity index is 854. The summed E-state index contributed by atoms with van der Waals surface area (Å²) in [6.07, 6.45) is 0.924. The van der Waals surface area contributed by atoms with Gasteiger partial charge < -0.3 is 4.74 Å². The summed E-state index contributed by atoms with van der Waals surface area (Å²) in [5.74, 6) is 0.0710. The van der Waals surface area contributed by atoms with Crippen LogP contribution in [0.15, 0.2) is 65.5 Å². The van der Waals surface area contributed by atoms with Crippen LogP contribution in [0.4, 0.5) is 0 Å². The van der Waals surface area contributed by atoms with Crippen molar-refractivity contribution >= 4 is 5.78 Å². The maximum atomic E-state index is 12.0. The Balaban J connectivity index is 1.58. The van der Waals surface area contributed by atoms with E-state index in [9.17, 15) is 9.59 Å². The Hall–Kier alpha value is -3.15. The Kier molecular flexibility index (Phi) is 4.86. The van der Waals surface area contributed by atoms with Crippen LogP contribution in [0.3, 0.4) is 0 Å². The van der Waals surface area contributed by atoms with Gasteiger partial charge in [-0.15, -0.1) is 5.10 Å². The van der Waals surface area contributed by atoms with Gasteiger partial charge in [0.1, 0.15) is 0 Å². The summed E-state index contributed by atoms with van der Waals surface area (Å²) in [5, 5.41) is 6.26. The SMILES string of the molecule is O=C(CCCOc1n[nH]c(=O)n1-c1ccccc1)c1ccccc1. The molecule has 1 heterocycles. The van der Waals surface area contributed by atoms with Gasteiger partial charge in [0.15, 0.2) is 5.78 Å². The van der Waals surface area contributed by atoms with Crippen LogP contribution in [0, 0.1) is 0 Å². The van der Waals surface area contributed by atoms with Gasteiger partial charge in [0.05, 0.1) is 12.3 Å².